The third-order valence-electron chi connectivity index (χ3n) is 6.63. The smallest absolute Gasteiger partial charge is 0.263 e. The molecular formula is C22H30N4O2S. The summed E-state index contributed by atoms with van der Waals surface area (Å²) < 4.78 is 0. The van der Waals surface area contributed by atoms with Gasteiger partial charge < -0.3 is 16.0 Å². The van der Waals surface area contributed by atoms with Gasteiger partial charge in [0, 0.05) is 43.1 Å². The minimum Gasteiger partial charge on any atom is -0.397 e. The monoisotopic (exact) mass is 414 g/mol. The molecule has 29 heavy (non-hydrogen) atoms. The van der Waals surface area contributed by atoms with Crippen LogP contribution >= 0.6 is 11.3 Å². The Morgan fingerprint density at radius 1 is 1.31 bits per heavy atom. The number of amides is 2. The van der Waals surface area contributed by atoms with E-state index in [0.29, 0.717) is 35.4 Å². The summed E-state index contributed by atoms with van der Waals surface area (Å²) in [6.45, 7) is 3.75. The highest BCUT2D eigenvalue weighted by Gasteiger charge is 2.36. The number of pyridine rings is 1. The zero-order valence-electron chi connectivity index (χ0n) is 17.3. The van der Waals surface area contributed by atoms with E-state index in [4.69, 9.17) is 10.7 Å². The topological polar surface area (TPSA) is 88.3 Å². The van der Waals surface area contributed by atoms with Gasteiger partial charge in [-0.25, -0.2) is 4.98 Å². The number of aromatic nitrogens is 1. The third kappa shape index (κ3) is 3.84. The van der Waals surface area contributed by atoms with Crippen LogP contribution < -0.4 is 11.1 Å². The molecule has 4 rings (SSSR count). The summed E-state index contributed by atoms with van der Waals surface area (Å²) in [6.07, 6.45) is 7.61. The van der Waals surface area contributed by atoms with Crippen molar-refractivity contribution < 1.29 is 9.59 Å². The molecule has 3 heterocycles. The number of piperidine rings is 1. The number of hydrogen-bond acceptors (Lipinski definition) is 5. The molecule has 1 aliphatic carbocycles. The first-order valence-electron chi connectivity index (χ1n) is 10.6. The fourth-order valence-corrected chi connectivity index (χ4v) is 5.91. The minimum atomic E-state index is -0.181. The molecule has 6 nitrogen and oxygen atoms in total. The van der Waals surface area contributed by atoms with Crippen molar-refractivity contribution >= 4 is 39.1 Å². The second-order valence-corrected chi connectivity index (χ2v) is 9.81. The van der Waals surface area contributed by atoms with E-state index in [0.717, 1.165) is 35.3 Å². The Hall–Kier alpha value is -2.15. The number of nitrogens with zero attached hydrogens (tertiary/aromatic N) is 2. The molecule has 1 aliphatic heterocycles. The normalized spacial score (nSPS) is 22.9. The first kappa shape index (κ1) is 20.1. The van der Waals surface area contributed by atoms with Crippen molar-refractivity contribution in [3.63, 3.8) is 0 Å². The number of anilines is 1. The predicted octanol–water partition coefficient (Wildman–Crippen LogP) is 3.70. The zero-order chi connectivity index (χ0) is 20.6. The second kappa shape index (κ2) is 7.94. The van der Waals surface area contributed by atoms with Crippen LogP contribution in [0.15, 0.2) is 12.1 Å². The van der Waals surface area contributed by atoms with Gasteiger partial charge in [-0.2, -0.15) is 0 Å². The number of carbonyl (C=O) groups excluding carboxylic acids is 2. The molecule has 2 aromatic heterocycles. The number of rotatable bonds is 4. The van der Waals surface area contributed by atoms with Crippen LogP contribution in [0.2, 0.25) is 0 Å². The number of carbonyl (C=O) groups is 2. The van der Waals surface area contributed by atoms with Crippen molar-refractivity contribution in [3.8, 4) is 0 Å². The Kier molecular flexibility index (Phi) is 5.51. The molecule has 1 atom stereocenters. The van der Waals surface area contributed by atoms with Crippen molar-refractivity contribution in [2.75, 3.05) is 25.9 Å². The fourth-order valence-electron chi connectivity index (χ4n) is 4.87. The number of likely N-dealkylation sites (tertiary alicyclic amines) is 1. The molecule has 2 aliphatic rings. The summed E-state index contributed by atoms with van der Waals surface area (Å²) in [7, 11) is 1.60. The van der Waals surface area contributed by atoms with Gasteiger partial charge in [-0.3, -0.25) is 9.59 Å². The highest BCUT2D eigenvalue weighted by molar-refractivity contribution is 7.21. The molecule has 0 spiro atoms. The summed E-state index contributed by atoms with van der Waals surface area (Å²) >= 11 is 1.33. The van der Waals surface area contributed by atoms with Crippen molar-refractivity contribution in [3.05, 3.63) is 22.7 Å². The van der Waals surface area contributed by atoms with Gasteiger partial charge in [-0.05, 0) is 43.7 Å². The second-order valence-electron chi connectivity index (χ2n) is 8.81. The minimum absolute atomic E-state index is 0.177. The lowest BCUT2D eigenvalue weighted by Crippen LogP contribution is -2.47. The van der Waals surface area contributed by atoms with Gasteiger partial charge >= 0.3 is 0 Å². The van der Waals surface area contributed by atoms with E-state index in [1.165, 1.54) is 37.0 Å². The van der Waals surface area contributed by atoms with Crippen LogP contribution in [0.4, 0.5) is 5.69 Å². The SMILES string of the molecule is CNC(=O)c1sc2nc([C@]3(C)CCCN(C(=O)CC4CCCC4)C3)ccc2c1N. The van der Waals surface area contributed by atoms with Gasteiger partial charge in [0.1, 0.15) is 9.71 Å². The van der Waals surface area contributed by atoms with Crippen LogP contribution in [0.3, 0.4) is 0 Å². The maximum absolute atomic E-state index is 12.9. The Morgan fingerprint density at radius 2 is 2.07 bits per heavy atom. The number of nitrogen functional groups attached to an aromatic ring is 1. The summed E-state index contributed by atoms with van der Waals surface area (Å²) in [5.41, 5.74) is 7.47. The molecule has 2 aromatic rings. The van der Waals surface area contributed by atoms with E-state index in [9.17, 15) is 9.59 Å². The van der Waals surface area contributed by atoms with E-state index < -0.39 is 0 Å². The van der Waals surface area contributed by atoms with Gasteiger partial charge in [0.05, 0.1) is 5.69 Å². The van der Waals surface area contributed by atoms with Gasteiger partial charge in [-0.15, -0.1) is 11.3 Å². The van der Waals surface area contributed by atoms with Crippen molar-refractivity contribution in [1.82, 2.24) is 15.2 Å². The molecule has 0 bridgehead atoms. The molecule has 3 N–H and O–H groups in total. The quantitative estimate of drug-likeness (QED) is 0.798. The van der Waals surface area contributed by atoms with Gasteiger partial charge in [0.15, 0.2) is 0 Å². The van der Waals surface area contributed by atoms with Crippen molar-refractivity contribution in [2.24, 2.45) is 5.92 Å². The highest BCUT2D eigenvalue weighted by Crippen LogP contribution is 2.38. The molecule has 7 heteroatoms. The molecule has 0 aromatic carbocycles. The average molecular weight is 415 g/mol. The summed E-state index contributed by atoms with van der Waals surface area (Å²) in [5, 5.41) is 3.46. The summed E-state index contributed by atoms with van der Waals surface area (Å²) in [5.74, 6) is 0.688. The highest BCUT2D eigenvalue weighted by atomic mass is 32.1. The van der Waals surface area contributed by atoms with Gasteiger partial charge in [0.25, 0.3) is 5.91 Å². The van der Waals surface area contributed by atoms with Crippen molar-refractivity contribution in [1.29, 1.82) is 0 Å². The van der Waals surface area contributed by atoms with Crippen LogP contribution in [0.25, 0.3) is 10.2 Å². The molecule has 2 fully saturated rings. The predicted molar refractivity (Wildman–Crippen MR) is 117 cm³/mol. The summed E-state index contributed by atoms with van der Waals surface area (Å²) in [4.78, 5) is 33.2. The zero-order valence-corrected chi connectivity index (χ0v) is 18.1. The van der Waals surface area contributed by atoms with Crippen LogP contribution in [0, 0.1) is 5.92 Å². The van der Waals surface area contributed by atoms with E-state index in [2.05, 4.69) is 12.2 Å². The molecule has 2 amide bonds. The van der Waals surface area contributed by atoms with Crippen LogP contribution in [0.5, 0.6) is 0 Å². The Balaban J connectivity index is 1.56. The first-order valence-corrected chi connectivity index (χ1v) is 11.4. The lowest BCUT2D eigenvalue weighted by molar-refractivity contribution is -0.134. The Morgan fingerprint density at radius 3 is 2.79 bits per heavy atom. The van der Waals surface area contributed by atoms with Gasteiger partial charge in [0.2, 0.25) is 5.91 Å². The van der Waals surface area contributed by atoms with E-state index in [-0.39, 0.29) is 11.3 Å². The largest absolute Gasteiger partial charge is 0.397 e. The molecule has 0 unspecified atom stereocenters. The number of thiophene rings is 1. The lowest BCUT2D eigenvalue weighted by atomic mass is 9.78. The van der Waals surface area contributed by atoms with E-state index in [1.54, 1.807) is 7.05 Å². The maximum Gasteiger partial charge on any atom is 0.263 e. The maximum atomic E-state index is 12.9. The van der Waals surface area contributed by atoms with E-state index in [1.807, 2.05) is 17.0 Å². The molecule has 0 radical (unpaired) electrons. The number of nitrogens with one attached hydrogen (secondary N) is 1. The molecule has 156 valence electrons. The van der Waals surface area contributed by atoms with Gasteiger partial charge in [-0.1, -0.05) is 19.8 Å². The standard InChI is InChI=1S/C22H30N4O2S/c1-22(10-5-11-26(13-22)17(27)12-14-6-3-4-7-14)16-9-8-15-18(23)19(20(28)24-2)29-21(15)25-16/h8-9,14H,3-7,10-13,23H2,1-2H3,(H,24,28)/t22-/m1/s1. The van der Waals surface area contributed by atoms with Crippen LogP contribution in [-0.2, 0) is 10.2 Å². The fraction of sp³-hybridized carbons (Fsp3) is 0.591. The molecule has 1 saturated carbocycles. The third-order valence-corrected chi connectivity index (χ3v) is 7.75. The summed E-state index contributed by atoms with van der Waals surface area (Å²) in [6, 6.07) is 3.99. The van der Waals surface area contributed by atoms with Crippen molar-refractivity contribution in [2.45, 2.75) is 57.3 Å². The Bertz CT molecular complexity index is 934. The number of fused-ring (bicyclic) bond motifs is 1. The van der Waals surface area contributed by atoms with E-state index >= 15 is 0 Å². The average Bonchev–Trinajstić information content (AvgIpc) is 3.35. The Labute approximate surface area is 175 Å². The number of hydrogen-bond donors (Lipinski definition) is 2. The molecular weight excluding hydrogens is 384 g/mol. The first-order chi connectivity index (χ1) is 13.9. The van der Waals surface area contributed by atoms with Crippen LogP contribution in [0.1, 0.15) is 67.2 Å². The lowest BCUT2D eigenvalue weighted by Gasteiger charge is -2.40. The van der Waals surface area contributed by atoms with Crippen LogP contribution in [-0.4, -0.2) is 41.8 Å². The molecule has 1 saturated heterocycles. The number of nitrogens with two attached hydrogens (primary N) is 1.